The Kier molecular flexibility index (Phi) is 7.60. The highest BCUT2D eigenvalue weighted by molar-refractivity contribution is 7.92. The quantitative estimate of drug-likeness (QED) is 0.446. The van der Waals surface area contributed by atoms with E-state index in [1.54, 1.807) is 12.4 Å². The SMILES string of the molecule is C=CC(CCCC)S(=O)(=O)c1ccc(C(=O)N[C@@H]2COc3cccc(-c4ccncc4)c3C2)cn1. The van der Waals surface area contributed by atoms with Crippen molar-refractivity contribution in [3.8, 4) is 16.9 Å². The summed E-state index contributed by atoms with van der Waals surface area (Å²) >= 11 is 0. The van der Waals surface area contributed by atoms with E-state index >= 15 is 0 Å². The van der Waals surface area contributed by atoms with Crippen LogP contribution in [0, 0.1) is 0 Å². The predicted octanol–water partition coefficient (Wildman–Crippen LogP) is 4.40. The van der Waals surface area contributed by atoms with Gasteiger partial charge in [0.1, 0.15) is 12.4 Å². The van der Waals surface area contributed by atoms with Crippen LogP contribution in [0.2, 0.25) is 0 Å². The van der Waals surface area contributed by atoms with Crippen molar-refractivity contribution < 1.29 is 17.9 Å². The largest absolute Gasteiger partial charge is 0.491 e. The molecule has 0 aliphatic carbocycles. The second kappa shape index (κ2) is 10.8. The van der Waals surface area contributed by atoms with Gasteiger partial charge in [0.05, 0.1) is 16.9 Å². The molecular formula is C27H29N3O4S. The van der Waals surface area contributed by atoms with E-state index in [2.05, 4.69) is 21.9 Å². The Bertz CT molecular complexity index is 1290. The number of carbonyl (C=O) groups is 1. The summed E-state index contributed by atoms with van der Waals surface area (Å²) in [6, 6.07) is 12.4. The van der Waals surface area contributed by atoms with Gasteiger partial charge in [-0.15, -0.1) is 6.58 Å². The van der Waals surface area contributed by atoms with Gasteiger partial charge >= 0.3 is 0 Å². The lowest BCUT2D eigenvalue weighted by Gasteiger charge is -2.28. The van der Waals surface area contributed by atoms with E-state index in [1.165, 1.54) is 24.4 Å². The summed E-state index contributed by atoms with van der Waals surface area (Å²) in [5, 5.41) is 2.25. The zero-order chi connectivity index (χ0) is 24.8. The highest BCUT2D eigenvalue weighted by atomic mass is 32.2. The number of hydrogen-bond donors (Lipinski definition) is 1. The van der Waals surface area contributed by atoms with Crippen LogP contribution >= 0.6 is 0 Å². The fourth-order valence-corrected chi connectivity index (χ4v) is 5.71. The van der Waals surface area contributed by atoms with Gasteiger partial charge in [0.25, 0.3) is 5.91 Å². The molecule has 8 heteroatoms. The van der Waals surface area contributed by atoms with E-state index < -0.39 is 15.1 Å². The van der Waals surface area contributed by atoms with Gasteiger partial charge in [-0.05, 0) is 47.9 Å². The molecule has 0 radical (unpaired) electrons. The standard InChI is InChI=1S/C27H29N3O4S/c1-3-5-7-22(4-2)35(32,33)26-11-10-20(17-29-26)27(31)30-21-16-24-23(19-12-14-28-15-13-19)8-6-9-25(24)34-18-21/h4,6,8-15,17,21-22H,2-3,5,7,16,18H2,1H3,(H,30,31)/t21-,22?/m0/s1. The molecule has 1 aromatic carbocycles. The number of unbranched alkanes of at least 4 members (excludes halogenated alkanes) is 1. The van der Waals surface area contributed by atoms with E-state index in [9.17, 15) is 13.2 Å². The number of benzene rings is 1. The molecule has 2 atom stereocenters. The van der Waals surface area contributed by atoms with Crippen molar-refractivity contribution in [2.24, 2.45) is 0 Å². The Morgan fingerprint density at radius 2 is 2.03 bits per heavy atom. The molecule has 3 heterocycles. The van der Waals surface area contributed by atoms with Crippen LogP contribution in [-0.2, 0) is 16.3 Å². The number of hydrogen-bond acceptors (Lipinski definition) is 6. The molecule has 1 unspecified atom stereocenters. The number of fused-ring (bicyclic) bond motifs is 1. The monoisotopic (exact) mass is 491 g/mol. The molecule has 0 fully saturated rings. The van der Waals surface area contributed by atoms with Gasteiger partial charge in [-0.3, -0.25) is 9.78 Å². The van der Waals surface area contributed by atoms with E-state index in [1.807, 2.05) is 37.3 Å². The average molecular weight is 492 g/mol. The minimum absolute atomic E-state index is 0.0491. The van der Waals surface area contributed by atoms with Gasteiger partial charge < -0.3 is 10.1 Å². The number of carbonyl (C=O) groups excluding carboxylic acids is 1. The predicted molar refractivity (Wildman–Crippen MR) is 135 cm³/mol. The van der Waals surface area contributed by atoms with Gasteiger partial charge in [0, 0.05) is 30.6 Å². The number of sulfone groups is 1. The van der Waals surface area contributed by atoms with Crippen molar-refractivity contribution in [3.63, 3.8) is 0 Å². The fraction of sp³-hybridized carbons (Fsp3) is 0.296. The minimum atomic E-state index is -3.64. The third-order valence-corrected chi connectivity index (χ3v) is 8.19. The maximum atomic E-state index is 12.9. The van der Waals surface area contributed by atoms with Crippen LogP contribution in [0.1, 0.15) is 42.1 Å². The summed E-state index contributed by atoms with van der Waals surface area (Å²) in [5.41, 5.74) is 3.39. The molecule has 1 aliphatic heterocycles. The lowest BCUT2D eigenvalue weighted by atomic mass is 9.93. The first-order chi connectivity index (χ1) is 16.9. The van der Waals surface area contributed by atoms with Crippen molar-refractivity contribution >= 4 is 15.7 Å². The molecular weight excluding hydrogens is 462 g/mol. The minimum Gasteiger partial charge on any atom is -0.491 e. The Morgan fingerprint density at radius 1 is 1.23 bits per heavy atom. The Labute approximate surface area is 206 Å². The van der Waals surface area contributed by atoms with Crippen molar-refractivity contribution in [1.82, 2.24) is 15.3 Å². The van der Waals surface area contributed by atoms with E-state index in [0.29, 0.717) is 25.0 Å². The molecule has 0 saturated carbocycles. The topological polar surface area (TPSA) is 98.2 Å². The summed E-state index contributed by atoms with van der Waals surface area (Å²) < 4.78 is 31.7. The molecule has 4 rings (SSSR count). The Balaban J connectivity index is 1.47. The maximum absolute atomic E-state index is 12.9. The zero-order valence-corrected chi connectivity index (χ0v) is 20.5. The molecule has 0 spiro atoms. The average Bonchev–Trinajstić information content (AvgIpc) is 2.89. The summed E-state index contributed by atoms with van der Waals surface area (Å²) in [6.45, 7) is 6.02. The van der Waals surface area contributed by atoms with Crippen LogP contribution in [-0.4, -0.2) is 42.2 Å². The third-order valence-electron chi connectivity index (χ3n) is 6.14. The Morgan fingerprint density at radius 3 is 2.71 bits per heavy atom. The second-order valence-electron chi connectivity index (χ2n) is 8.55. The molecule has 1 amide bonds. The molecule has 35 heavy (non-hydrogen) atoms. The van der Waals surface area contributed by atoms with Gasteiger partial charge in [-0.1, -0.05) is 38.0 Å². The zero-order valence-electron chi connectivity index (χ0n) is 19.7. The Hall–Kier alpha value is -3.52. The summed E-state index contributed by atoms with van der Waals surface area (Å²) in [4.78, 5) is 21.1. The van der Waals surface area contributed by atoms with Crippen LogP contribution < -0.4 is 10.1 Å². The van der Waals surface area contributed by atoms with Gasteiger partial charge in [0.15, 0.2) is 5.03 Å². The van der Waals surface area contributed by atoms with Crippen molar-refractivity contribution in [1.29, 1.82) is 0 Å². The highest BCUT2D eigenvalue weighted by Gasteiger charge is 2.27. The maximum Gasteiger partial charge on any atom is 0.253 e. The van der Waals surface area contributed by atoms with Gasteiger partial charge in [-0.25, -0.2) is 13.4 Å². The van der Waals surface area contributed by atoms with E-state index in [4.69, 9.17) is 4.74 Å². The first-order valence-corrected chi connectivity index (χ1v) is 13.3. The van der Waals surface area contributed by atoms with Crippen LogP contribution in [0.5, 0.6) is 5.75 Å². The molecule has 0 saturated heterocycles. The molecule has 2 aromatic heterocycles. The molecule has 3 aromatic rings. The lowest BCUT2D eigenvalue weighted by Crippen LogP contribution is -2.42. The molecule has 1 N–H and O–H groups in total. The number of ether oxygens (including phenoxy) is 1. The number of nitrogens with zero attached hydrogens (tertiary/aromatic N) is 2. The summed E-state index contributed by atoms with van der Waals surface area (Å²) in [6.07, 6.45) is 9.04. The second-order valence-corrected chi connectivity index (χ2v) is 10.7. The van der Waals surface area contributed by atoms with Crippen LogP contribution in [0.4, 0.5) is 0 Å². The number of aromatic nitrogens is 2. The normalized spacial score (nSPS) is 16.0. The van der Waals surface area contributed by atoms with Crippen molar-refractivity contribution in [2.75, 3.05) is 6.61 Å². The molecule has 182 valence electrons. The highest BCUT2D eigenvalue weighted by Crippen LogP contribution is 2.34. The molecule has 0 bridgehead atoms. The van der Waals surface area contributed by atoms with E-state index in [0.717, 1.165) is 35.3 Å². The lowest BCUT2D eigenvalue weighted by molar-refractivity contribution is 0.0915. The number of amides is 1. The fourth-order valence-electron chi connectivity index (χ4n) is 4.21. The first kappa shape index (κ1) is 24.6. The number of pyridine rings is 2. The molecule has 7 nitrogen and oxygen atoms in total. The van der Waals surface area contributed by atoms with E-state index in [-0.39, 0.29) is 17.0 Å². The number of rotatable bonds is 9. The molecule has 1 aliphatic rings. The van der Waals surface area contributed by atoms with Crippen molar-refractivity contribution in [2.45, 2.75) is 48.9 Å². The smallest absolute Gasteiger partial charge is 0.253 e. The summed E-state index contributed by atoms with van der Waals surface area (Å²) in [7, 11) is -3.64. The van der Waals surface area contributed by atoms with Crippen LogP contribution in [0.3, 0.4) is 0 Å². The van der Waals surface area contributed by atoms with Gasteiger partial charge in [0.2, 0.25) is 9.84 Å². The first-order valence-electron chi connectivity index (χ1n) is 11.7. The number of nitrogens with one attached hydrogen (secondary N) is 1. The van der Waals surface area contributed by atoms with Crippen LogP contribution in [0.25, 0.3) is 11.1 Å². The van der Waals surface area contributed by atoms with Crippen molar-refractivity contribution in [3.05, 3.63) is 84.8 Å². The van der Waals surface area contributed by atoms with Gasteiger partial charge in [-0.2, -0.15) is 0 Å². The third kappa shape index (κ3) is 5.43. The summed E-state index contributed by atoms with van der Waals surface area (Å²) in [5.74, 6) is 0.479. The van der Waals surface area contributed by atoms with Crippen LogP contribution in [0.15, 0.2) is 78.7 Å².